The van der Waals surface area contributed by atoms with Crippen LogP contribution in [0.4, 0.5) is 0 Å². The maximum atomic E-state index is 11.9. The summed E-state index contributed by atoms with van der Waals surface area (Å²) < 4.78 is 9.40. The van der Waals surface area contributed by atoms with Gasteiger partial charge in [0.15, 0.2) is 5.78 Å². The molecular weight excluding hydrogens is 272 g/mol. The van der Waals surface area contributed by atoms with Gasteiger partial charge in [-0.2, -0.15) is 0 Å². The third-order valence-electron chi connectivity index (χ3n) is 2.97. The second kappa shape index (κ2) is 8.89. The van der Waals surface area contributed by atoms with E-state index in [-0.39, 0.29) is 11.8 Å². The normalized spacial score (nSPS) is 10.0. The summed E-state index contributed by atoms with van der Waals surface area (Å²) in [7, 11) is 1.31. The van der Waals surface area contributed by atoms with E-state index < -0.39 is 5.97 Å². The number of hydrogen-bond donors (Lipinski definition) is 0. The van der Waals surface area contributed by atoms with Gasteiger partial charge in [-0.25, -0.2) is 4.79 Å². The fourth-order valence-corrected chi connectivity index (χ4v) is 1.84. The number of carbonyl (C=O) groups is 3. The van der Waals surface area contributed by atoms with Crippen LogP contribution in [0.5, 0.6) is 0 Å². The Morgan fingerprint density at radius 2 is 1.52 bits per heavy atom. The highest BCUT2D eigenvalue weighted by molar-refractivity contribution is 5.97. The van der Waals surface area contributed by atoms with Gasteiger partial charge in [-0.1, -0.05) is 12.1 Å². The van der Waals surface area contributed by atoms with E-state index in [0.29, 0.717) is 43.4 Å². The number of methoxy groups -OCH3 is 1. The van der Waals surface area contributed by atoms with Gasteiger partial charge in [0.1, 0.15) is 0 Å². The summed E-state index contributed by atoms with van der Waals surface area (Å²) in [6, 6.07) is 6.36. The summed E-state index contributed by atoms with van der Waals surface area (Å²) in [5.41, 5.74) is 0.968. The van der Waals surface area contributed by atoms with Gasteiger partial charge >= 0.3 is 11.9 Å². The highest BCUT2D eigenvalue weighted by Gasteiger charge is 2.09. The maximum Gasteiger partial charge on any atom is 0.337 e. The Morgan fingerprint density at radius 1 is 0.952 bits per heavy atom. The Hall–Kier alpha value is -2.17. The fourth-order valence-electron chi connectivity index (χ4n) is 1.84. The van der Waals surface area contributed by atoms with Crippen LogP contribution in [0, 0.1) is 0 Å². The second-order valence-electron chi connectivity index (χ2n) is 4.50. The molecule has 5 nitrogen and oxygen atoms in total. The van der Waals surface area contributed by atoms with Crippen molar-refractivity contribution in [3.63, 3.8) is 0 Å². The van der Waals surface area contributed by atoms with E-state index in [0.717, 1.165) is 0 Å². The van der Waals surface area contributed by atoms with Gasteiger partial charge in [0.25, 0.3) is 0 Å². The largest absolute Gasteiger partial charge is 0.466 e. The Bertz CT molecular complexity index is 490. The average molecular weight is 292 g/mol. The molecule has 0 aliphatic carbocycles. The molecule has 0 radical (unpaired) electrons. The number of esters is 2. The fraction of sp³-hybridized carbons (Fsp3) is 0.438. The topological polar surface area (TPSA) is 69.7 Å². The lowest BCUT2D eigenvalue weighted by atomic mass is 10.0. The molecule has 0 saturated carbocycles. The SMILES string of the molecule is CCOC(=O)CCCCC(=O)c1ccc(C(=O)OC)cc1. The van der Waals surface area contributed by atoms with Crippen LogP contribution < -0.4 is 0 Å². The van der Waals surface area contributed by atoms with Crippen molar-refractivity contribution >= 4 is 17.7 Å². The smallest absolute Gasteiger partial charge is 0.337 e. The molecule has 0 heterocycles. The minimum Gasteiger partial charge on any atom is -0.466 e. The van der Waals surface area contributed by atoms with Crippen molar-refractivity contribution in [1.82, 2.24) is 0 Å². The Morgan fingerprint density at radius 3 is 2.10 bits per heavy atom. The number of ketones is 1. The van der Waals surface area contributed by atoms with E-state index in [9.17, 15) is 14.4 Å². The number of rotatable bonds is 8. The number of carbonyl (C=O) groups excluding carboxylic acids is 3. The van der Waals surface area contributed by atoms with Crippen molar-refractivity contribution in [3.8, 4) is 0 Å². The predicted octanol–water partition coefficient (Wildman–Crippen LogP) is 2.78. The molecule has 5 heteroatoms. The van der Waals surface area contributed by atoms with Crippen LogP contribution in [-0.4, -0.2) is 31.4 Å². The van der Waals surface area contributed by atoms with Crippen molar-refractivity contribution in [3.05, 3.63) is 35.4 Å². The van der Waals surface area contributed by atoms with Crippen molar-refractivity contribution < 1.29 is 23.9 Å². The molecule has 21 heavy (non-hydrogen) atoms. The molecule has 0 bridgehead atoms. The molecule has 0 amide bonds. The molecule has 0 fully saturated rings. The van der Waals surface area contributed by atoms with Gasteiger partial charge in [0.2, 0.25) is 0 Å². The zero-order chi connectivity index (χ0) is 15.7. The first-order chi connectivity index (χ1) is 10.1. The molecule has 1 rings (SSSR count). The first-order valence-electron chi connectivity index (χ1n) is 6.95. The lowest BCUT2D eigenvalue weighted by Gasteiger charge is -2.03. The Kier molecular flexibility index (Phi) is 7.15. The Labute approximate surface area is 124 Å². The summed E-state index contributed by atoms with van der Waals surface area (Å²) in [6.45, 7) is 2.14. The van der Waals surface area contributed by atoms with Crippen molar-refractivity contribution in [2.45, 2.75) is 32.6 Å². The van der Waals surface area contributed by atoms with E-state index in [1.54, 1.807) is 31.2 Å². The third-order valence-corrected chi connectivity index (χ3v) is 2.97. The number of unbranched alkanes of at least 4 members (excludes halogenated alkanes) is 1. The van der Waals surface area contributed by atoms with E-state index in [4.69, 9.17) is 4.74 Å². The van der Waals surface area contributed by atoms with Gasteiger partial charge in [-0.3, -0.25) is 9.59 Å². The van der Waals surface area contributed by atoms with Crippen LogP contribution in [0.3, 0.4) is 0 Å². The van der Waals surface area contributed by atoms with Crippen LogP contribution in [0.15, 0.2) is 24.3 Å². The van der Waals surface area contributed by atoms with Gasteiger partial charge in [0.05, 0.1) is 19.3 Å². The average Bonchev–Trinajstić information content (AvgIpc) is 2.51. The van der Waals surface area contributed by atoms with Crippen LogP contribution in [-0.2, 0) is 14.3 Å². The quantitative estimate of drug-likeness (QED) is 0.418. The Balaban J connectivity index is 2.38. The van der Waals surface area contributed by atoms with Gasteiger partial charge < -0.3 is 9.47 Å². The van der Waals surface area contributed by atoms with Gasteiger partial charge in [-0.15, -0.1) is 0 Å². The standard InChI is InChI=1S/C16H20O5/c1-3-21-15(18)7-5-4-6-14(17)12-8-10-13(11-9-12)16(19)20-2/h8-11H,3-7H2,1-2H3. The lowest BCUT2D eigenvalue weighted by molar-refractivity contribution is -0.143. The van der Waals surface area contributed by atoms with E-state index in [1.807, 2.05) is 0 Å². The highest BCUT2D eigenvalue weighted by Crippen LogP contribution is 2.11. The van der Waals surface area contributed by atoms with E-state index >= 15 is 0 Å². The number of benzene rings is 1. The molecule has 0 spiro atoms. The zero-order valence-electron chi connectivity index (χ0n) is 12.4. The molecular formula is C16H20O5. The maximum absolute atomic E-state index is 11.9. The van der Waals surface area contributed by atoms with Crippen LogP contribution in [0.25, 0.3) is 0 Å². The molecule has 114 valence electrons. The van der Waals surface area contributed by atoms with E-state index in [1.165, 1.54) is 7.11 Å². The molecule has 0 N–H and O–H groups in total. The second-order valence-corrected chi connectivity index (χ2v) is 4.50. The predicted molar refractivity (Wildman–Crippen MR) is 77.2 cm³/mol. The zero-order valence-corrected chi connectivity index (χ0v) is 12.4. The van der Waals surface area contributed by atoms with Crippen molar-refractivity contribution in [2.75, 3.05) is 13.7 Å². The molecule has 0 aliphatic heterocycles. The molecule has 0 atom stereocenters. The molecule has 0 aromatic heterocycles. The van der Waals surface area contributed by atoms with Crippen LogP contribution in [0.1, 0.15) is 53.3 Å². The number of ether oxygens (including phenoxy) is 2. The summed E-state index contributed by atoms with van der Waals surface area (Å²) in [4.78, 5) is 34.3. The molecule has 0 unspecified atom stereocenters. The third kappa shape index (κ3) is 5.77. The first kappa shape index (κ1) is 16.9. The lowest BCUT2D eigenvalue weighted by Crippen LogP contribution is -2.05. The monoisotopic (exact) mass is 292 g/mol. The summed E-state index contributed by atoms with van der Waals surface area (Å²) in [6.07, 6.45) is 1.97. The van der Waals surface area contributed by atoms with Crippen molar-refractivity contribution in [2.24, 2.45) is 0 Å². The molecule has 1 aromatic carbocycles. The summed E-state index contributed by atoms with van der Waals surface area (Å²) >= 11 is 0. The van der Waals surface area contributed by atoms with Crippen molar-refractivity contribution in [1.29, 1.82) is 0 Å². The van der Waals surface area contributed by atoms with Crippen LogP contribution >= 0.6 is 0 Å². The molecule has 0 aliphatic rings. The van der Waals surface area contributed by atoms with Gasteiger partial charge in [0, 0.05) is 18.4 Å². The molecule has 1 aromatic rings. The summed E-state index contributed by atoms with van der Waals surface area (Å²) in [5, 5.41) is 0. The minimum absolute atomic E-state index is 0.00438. The first-order valence-corrected chi connectivity index (χ1v) is 6.95. The highest BCUT2D eigenvalue weighted by atomic mass is 16.5. The number of hydrogen-bond acceptors (Lipinski definition) is 5. The minimum atomic E-state index is -0.427. The number of Topliss-reactive ketones (excluding diaryl/α,β-unsaturated/α-hetero) is 1. The molecule has 0 saturated heterocycles. The van der Waals surface area contributed by atoms with Crippen LogP contribution in [0.2, 0.25) is 0 Å². The van der Waals surface area contributed by atoms with Gasteiger partial charge in [-0.05, 0) is 31.9 Å². The summed E-state index contributed by atoms with van der Waals surface area (Å²) in [5.74, 6) is -0.661. The van der Waals surface area contributed by atoms with E-state index in [2.05, 4.69) is 4.74 Å².